The van der Waals surface area contributed by atoms with Gasteiger partial charge in [-0.1, -0.05) is 18.2 Å². The Morgan fingerprint density at radius 3 is 2.10 bits per heavy atom. The molecule has 2 aromatic carbocycles. The molecule has 0 spiro atoms. The van der Waals surface area contributed by atoms with Gasteiger partial charge in [0.2, 0.25) is 10.0 Å². The molecule has 0 aliphatic rings. The number of aryl methyl sites for hydroxylation is 2. The smallest absolute Gasteiger partial charge is 0.262 e. The van der Waals surface area contributed by atoms with Crippen LogP contribution < -0.4 is 10.1 Å². The maximum Gasteiger partial charge on any atom is 0.262 e. The zero-order valence-electron chi connectivity index (χ0n) is 16.7. The fraction of sp³-hybridized carbons (Fsp3) is 0.227. The van der Waals surface area contributed by atoms with Crippen LogP contribution in [0.2, 0.25) is 0 Å². The first-order chi connectivity index (χ1) is 13.8. The minimum Gasteiger partial charge on any atom is -0.484 e. The van der Waals surface area contributed by atoms with Crippen LogP contribution in [0.15, 0.2) is 72.7 Å². The Morgan fingerprint density at radius 1 is 1.03 bits per heavy atom. The molecule has 0 aliphatic carbocycles. The molecule has 0 radical (unpaired) electrons. The Balaban J connectivity index is 2.01. The molecule has 2 rings (SSSR count). The lowest BCUT2D eigenvalue weighted by atomic mass is 10.1. The highest BCUT2D eigenvalue weighted by atomic mass is 32.2. The molecule has 7 heteroatoms. The summed E-state index contributed by atoms with van der Waals surface area (Å²) in [5.74, 6) is 0.295. The number of anilines is 1. The summed E-state index contributed by atoms with van der Waals surface area (Å²) < 4.78 is 32.2. The van der Waals surface area contributed by atoms with Crippen molar-refractivity contribution in [3.63, 3.8) is 0 Å². The number of nitrogens with one attached hydrogen (secondary N) is 1. The largest absolute Gasteiger partial charge is 0.484 e. The number of hydrogen-bond acceptors (Lipinski definition) is 4. The van der Waals surface area contributed by atoms with Crippen LogP contribution >= 0.6 is 0 Å². The second-order valence-corrected chi connectivity index (χ2v) is 8.52. The summed E-state index contributed by atoms with van der Waals surface area (Å²) >= 11 is 0. The van der Waals surface area contributed by atoms with E-state index in [1.54, 1.807) is 12.1 Å². The molecule has 29 heavy (non-hydrogen) atoms. The fourth-order valence-electron chi connectivity index (χ4n) is 2.78. The van der Waals surface area contributed by atoms with Crippen molar-refractivity contribution in [2.45, 2.75) is 18.7 Å². The van der Waals surface area contributed by atoms with Crippen LogP contribution in [-0.2, 0) is 14.8 Å². The summed E-state index contributed by atoms with van der Waals surface area (Å²) in [7, 11) is -3.67. The van der Waals surface area contributed by atoms with Crippen LogP contribution in [0.5, 0.6) is 5.75 Å². The lowest BCUT2D eigenvalue weighted by Crippen LogP contribution is -2.31. The molecule has 1 N–H and O–H groups in total. The van der Waals surface area contributed by atoms with E-state index >= 15 is 0 Å². The molecule has 0 unspecified atom stereocenters. The number of carbonyl (C=O) groups is 1. The highest BCUT2D eigenvalue weighted by molar-refractivity contribution is 7.89. The van der Waals surface area contributed by atoms with E-state index in [1.807, 2.05) is 32.0 Å². The quantitative estimate of drug-likeness (QED) is 0.602. The topological polar surface area (TPSA) is 75.7 Å². The predicted molar refractivity (Wildman–Crippen MR) is 116 cm³/mol. The molecule has 0 heterocycles. The Kier molecular flexibility index (Phi) is 7.75. The second-order valence-electron chi connectivity index (χ2n) is 6.58. The van der Waals surface area contributed by atoms with Crippen LogP contribution in [0.1, 0.15) is 11.1 Å². The van der Waals surface area contributed by atoms with Crippen LogP contribution in [-0.4, -0.2) is 38.3 Å². The van der Waals surface area contributed by atoms with Gasteiger partial charge in [0.05, 0.1) is 4.90 Å². The Bertz CT molecular complexity index is 952. The van der Waals surface area contributed by atoms with Crippen molar-refractivity contribution in [1.29, 1.82) is 0 Å². The van der Waals surface area contributed by atoms with E-state index in [0.717, 1.165) is 11.1 Å². The molecule has 2 aromatic rings. The number of rotatable bonds is 10. The number of hydrogen-bond donors (Lipinski definition) is 1. The van der Waals surface area contributed by atoms with Crippen molar-refractivity contribution in [3.8, 4) is 5.75 Å². The van der Waals surface area contributed by atoms with Gasteiger partial charge in [0.15, 0.2) is 6.61 Å². The van der Waals surface area contributed by atoms with E-state index < -0.39 is 10.0 Å². The molecular formula is C22H26N2O4S. The van der Waals surface area contributed by atoms with E-state index in [1.165, 1.54) is 28.6 Å². The highest BCUT2D eigenvalue weighted by Crippen LogP contribution is 2.19. The van der Waals surface area contributed by atoms with Gasteiger partial charge in [-0.05, 0) is 61.4 Å². The number of sulfonamides is 1. The Morgan fingerprint density at radius 2 is 1.59 bits per heavy atom. The first-order valence-corrected chi connectivity index (χ1v) is 10.5. The molecular weight excluding hydrogens is 388 g/mol. The number of ether oxygens (including phenoxy) is 1. The van der Waals surface area contributed by atoms with E-state index in [0.29, 0.717) is 11.4 Å². The number of nitrogens with zero attached hydrogens (tertiary/aromatic N) is 1. The highest BCUT2D eigenvalue weighted by Gasteiger charge is 2.22. The van der Waals surface area contributed by atoms with Gasteiger partial charge in [0.1, 0.15) is 5.75 Å². The number of carbonyl (C=O) groups excluding carboxylic acids is 1. The summed E-state index contributed by atoms with van der Waals surface area (Å²) in [6, 6.07) is 11.7. The minimum absolute atomic E-state index is 0.130. The summed E-state index contributed by atoms with van der Waals surface area (Å²) in [4.78, 5) is 12.3. The van der Waals surface area contributed by atoms with Gasteiger partial charge in [-0.25, -0.2) is 8.42 Å². The maximum atomic E-state index is 12.7. The van der Waals surface area contributed by atoms with Gasteiger partial charge in [-0.2, -0.15) is 4.31 Å². The standard InChI is InChI=1S/C22H26N2O4S/c1-5-11-24(12-6-2)29(26,27)21-9-7-19(8-10-21)23-22(25)16-28-20-14-17(3)13-18(4)15-20/h5-10,13-15H,1-2,11-12,16H2,3-4H3,(H,23,25). The van der Waals surface area contributed by atoms with E-state index in [2.05, 4.69) is 18.5 Å². The lowest BCUT2D eigenvalue weighted by molar-refractivity contribution is -0.118. The summed E-state index contributed by atoms with van der Waals surface area (Å²) in [5.41, 5.74) is 2.59. The molecule has 0 aromatic heterocycles. The van der Waals surface area contributed by atoms with Gasteiger partial charge in [-0.15, -0.1) is 13.2 Å². The molecule has 0 saturated heterocycles. The normalized spacial score (nSPS) is 11.1. The average Bonchev–Trinajstić information content (AvgIpc) is 2.66. The first kappa shape index (κ1) is 22.4. The summed E-state index contributed by atoms with van der Waals surface area (Å²) in [6.45, 7) is 11.3. The van der Waals surface area contributed by atoms with Crippen LogP contribution in [0.3, 0.4) is 0 Å². The van der Waals surface area contributed by atoms with Crippen molar-refractivity contribution in [1.82, 2.24) is 4.31 Å². The van der Waals surface area contributed by atoms with Gasteiger partial charge in [0, 0.05) is 18.8 Å². The Labute approximate surface area is 172 Å². The monoisotopic (exact) mass is 414 g/mol. The predicted octanol–water partition coefficient (Wildman–Crippen LogP) is 3.68. The van der Waals surface area contributed by atoms with E-state index in [4.69, 9.17) is 4.74 Å². The van der Waals surface area contributed by atoms with Crippen molar-refractivity contribution < 1.29 is 17.9 Å². The molecule has 0 atom stereocenters. The average molecular weight is 415 g/mol. The van der Waals surface area contributed by atoms with E-state index in [-0.39, 0.29) is 30.5 Å². The molecule has 0 fully saturated rings. The van der Waals surface area contributed by atoms with Crippen LogP contribution in [0.25, 0.3) is 0 Å². The zero-order valence-corrected chi connectivity index (χ0v) is 17.5. The number of benzene rings is 2. The van der Waals surface area contributed by atoms with Gasteiger partial charge in [0.25, 0.3) is 5.91 Å². The van der Waals surface area contributed by atoms with E-state index in [9.17, 15) is 13.2 Å². The zero-order chi connectivity index (χ0) is 21.4. The number of amides is 1. The first-order valence-electron chi connectivity index (χ1n) is 9.09. The lowest BCUT2D eigenvalue weighted by Gasteiger charge is -2.19. The van der Waals surface area contributed by atoms with Crippen molar-refractivity contribution in [3.05, 3.63) is 78.9 Å². The fourth-order valence-corrected chi connectivity index (χ4v) is 4.16. The van der Waals surface area contributed by atoms with Crippen molar-refractivity contribution in [2.24, 2.45) is 0 Å². The summed E-state index contributed by atoms with van der Waals surface area (Å²) in [6.07, 6.45) is 3.04. The molecule has 0 bridgehead atoms. The molecule has 154 valence electrons. The SMILES string of the molecule is C=CCN(CC=C)S(=O)(=O)c1ccc(NC(=O)COc2cc(C)cc(C)c2)cc1. The summed E-state index contributed by atoms with van der Waals surface area (Å²) in [5, 5.41) is 2.69. The van der Waals surface area contributed by atoms with Crippen molar-refractivity contribution in [2.75, 3.05) is 25.0 Å². The second kappa shape index (κ2) is 10.0. The van der Waals surface area contributed by atoms with Crippen molar-refractivity contribution >= 4 is 21.6 Å². The third-order valence-corrected chi connectivity index (χ3v) is 5.85. The van der Waals surface area contributed by atoms with Gasteiger partial charge in [-0.3, -0.25) is 4.79 Å². The minimum atomic E-state index is -3.67. The van der Waals surface area contributed by atoms with Crippen LogP contribution in [0.4, 0.5) is 5.69 Å². The third kappa shape index (κ3) is 6.30. The molecule has 6 nitrogen and oxygen atoms in total. The molecule has 0 saturated carbocycles. The maximum absolute atomic E-state index is 12.7. The third-order valence-electron chi connectivity index (χ3n) is 4.01. The Hall–Kier alpha value is -2.90. The van der Waals surface area contributed by atoms with Gasteiger partial charge >= 0.3 is 0 Å². The molecule has 1 amide bonds. The molecule has 0 aliphatic heterocycles. The van der Waals surface area contributed by atoms with Crippen LogP contribution in [0, 0.1) is 13.8 Å². The van der Waals surface area contributed by atoms with Gasteiger partial charge < -0.3 is 10.1 Å².